The van der Waals surface area contributed by atoms with Crippen LogP contribution in [0.3, 0.4) is 0 Å². The number of carbonyl (C=O) groups is 4. The van der Waals surface area contributed by atoms with Crippen molar-refractivity contribution in [3.8, 4) is 5.75 Å². The van der Waals surface area contributed by atoms with Crippen molar-refractivity contribution in [2.45, 2.75) is 143 Å². The minimum Gasteiger partial charge on any atom is -0.483 e. The first-order valence-corrected chi connectivity index (χ1v) is 21.5. The molecule has 308 valence electrons. The summed E-state index contributed by atoms with van der Waals surface area (Å²) in [5, 5.41) is 13.9. The number of halogens is 3. The summed E-state index contributed by atoms with van der Waals surface area (Å²) in [4.78, 5) is 63.0. The number of aromatic nitrogens is 1. The van der Waals surface area contributed by atoms with Gasteiger partial charge >= 0.3 is 12.3 Å². The highest BCUT2D eigenvalue weighted by atomic mass is 32.2. The predicted octanol–water partition coefficient (Wildman–Crippen LogP) is 5.60. The topological polar surface area (TPSA) is 175 Å². The molecule has 8 rings (SSSR count). The van der Waals surface area contributed by atoms with Gasteiger partial charge in [0.15, 0.2) is 11.4 Å². The molecule has 1 spiro atoms. The molecule has 0 unspecified atom stereocenters. The lowest BCUT2D eigenvalue weighted by atomic mass is 9.87. The summed E-state index contributed by atoms with van der Waals surface area (Å²) >= 11 is 0. The number of para-hydroxylation sites is 1. The highest BCUT2D eigenvalue weighted by molar-refractivity contribution is 7.91. The SMILES string of the molecule is CC1(S(=O)(=O)NC(=O)[C@@]23C[C@H]2/C=C\CCCCC[C@H](N(C(=O)O)C2CCCC2)C(=O)N2C[C@@]4(CCc5c(c(C(F)(F)F)nc6ccccc56)O4)C[C@H]2C(=O)N3)CC1. The molecule has 17 heteroatoms. The average molecular weight is 816 g/mol. The molecule has 3 saturated carbocycles. The Labute approximate surface area is 328 Å². The number of allylic oxidation sites excluding steroid dienone is 1. The summed E-state index contributed by atoms with van der Waals surface area (Å²) < 4.78 is 77.9. The van der Waals surface area contributed by atoms with E-state index in [-0.39, 0.29) is 44.2 Å². The van der Waals surface area contributed by atoms with Crippen molar-refractivity contribution in [3.63, 3.8) is 0 Å². The molecule has 3 aliphatic heterocycles. The molecule has 2 aromatic rings. The summed E-state index contributed by atoms with van der Waals surface area (Å²) in [6.07, 6.45) is 3.68. The van der Waals surface area contributed by atoms with Gasteiger partial charge in [0.1, 0.15) is 23.2 Å². The van der Waals surface area contributed by atoms with E-state index in [9.17, 15) is 41.1 Å². The molecule has 4 fully saturated rings. The predicted molar refractivity (Wildman–Crippen MR) is 200 cm³/mol. The number of pyridine rings is 1. The van der Waals surface area contributed by atoms with Crippen LogP contribution in [0.25, 0.3) is 10.9 Å². The van der Waals surface area contributed by atoms with E-state index in [1.54, 1.807) is 24.3 Å². The molecule has 1 aromatic heterocycles. The van der Waals surface area contributed by atoms with Crippen LogP contribution in [-0.2, 0) is 37.0 Å². The summed E-state index contributed by atoms with van der Waals surface area (Å²) in [6, 6.07) is 3.45. The average Bonchev–Trinajstić information content (AvgIpc) is 3.94. The highest BCUT2D eigenvalue weighted by Crippen LogP contribution is 2.50. The van der Waals surface area contributed by atoms with Crippen LogP contribution in [0.15, 0.2) is 36.4 Å². The number of alkyl halides is 3. The third-order valence-corrected chi connectivity index (χ3v) is 15.4. The van der Waals surface area contributed by atoms with Gasteiger partial charge in [-0.15, -0.1) is 0 Å². The molecule has 3 N–H and O–H groups in total. The molecular weight excluding hydrogens is 768 g/mol. The van der Waals surface area contributed by atoms with Crippen molar-refractivity contribution < 1.29 is 50.6 Å². The number of nitrogens with one attached hydrogen (secondary N) is 2. The Bertz CT molecular complexity index is 2140. The van der Waals surface area contributed by atoms with Gasteiger partial charge in [0, 0.05) is 29.3 Å². The molecule has 1 saturated heterocycles. The van der Waals surface area contributed by atoms with E-state index in [2.05, 4.69) is 15.0 Å². The number of fused-ring (bicyclic) bond motifs is 5. The summed E-state index contributed by atoms with van der Waals surface area (Å²) in [5.74, 6) is -3.40. The first-order valence-electron chi connectivity index (χ1n) is 20.0. The lowest BCUT2D eigenvalue weighted by molar-refractivity contribution is -0.145. The van der Waals surface area contributed by atoms with Gasteiger partial charge in [0.05, 0.1) is 16.8 Å². The Hall–Kier alpha value is -4.41. The lowest BCUT2D eigenvalue weighted by Gasteiger charge is -2.38. The van der Waals surface area contributed by atoms with E-state index in [0.717, 1.165) is 12.8 Å². The number of amides is 4. The number of sulfonamides is 1. The molecule has 4 heterocycles. The first kappa shape index (κ1) is 39.4. The van der Waals surface area contributed by atoms with E-state index in [1.165, 1.54) is 22.8 Å². The van der Waals surface area contributed by atoms with Gasteiger partial charge in [-0.05, 0) is 77.2 Å². The number of ether oxygens (including phenoxy) is 1. The molecular formula is C40H48F3N5O8S. The van der Waals surface area contributed by atoms with Gasteiger partial charge in [-0.2, -0.15) is 13.2 Å². The minimum absolute atomic E-state index is 0.0910. The number of hydrogen-bond acceptors (Lipinski definition) is 8. The number of rotatable bonds is 5. The summed E-state index contributed by atoms with van der Waals surface area (Å²) in [7, 11) is -4.09. The molecule has 0 bridgehead atoms. The zero-order chi connectivity index (χ0) is 40.5. The van der Waals surface area contributed by atoms with Gasteiger partial charge in [0.2, 0.25) is 21.8 Å². The van der Waals surface area contributed by atoms with Crippen molar-refractivity contribution in [1.29, 1.82) is 0 Å². The van der Waals surface area contributed by atoms with Crippen LogP contribution in [0, 0.1) is 5.92 Å². The van der Waals surface area contributed by atoms with Crippen LogP contribution in [0.4, 0.5) is 18.0 Å². The number of hydrogen-bond donors (Lipinski definition) is 3. The third kappa shape index (κ3) is 7.11. The van der Waals surface area contributed by atoms with E-state index < -0.39 is 91.4 Å². The molecule has 0 radical (unpaired) electrons. The van der Waals surface area contributed by atoms with E-state index >= 15 is 4.79 Å². The first-order chi connectivity index (χ1) is 27.0. The molecule has 6 aliphatic rings. The number of benzene rings is 1. The number of carboxylic acid groups (broad SMARTS) is 1. The summed E-state index contributed by atoms with van der Waals surface area (Å²) in [5.41, 5.74) is -3.94. The van der Waals surface area contributed by atoms with E-state index in [1.807, 2.05) is 6.08 Å². The number of carbonyl (C=O) groups excluding carboxylic acids is 3. The quantitative estimate of drug-likeness (QED) is 0.325. The zero-order valence-corrected chi connectivity index (χ0v) is 32.6. The van der Waals surface area contributed by atoms with Crippen LogP contribution in [0.5, 0.6) is 5.75 Å². The molecule has 57 heavy (non-hydrogen) atoms. The molecule has 5 atom stereocenters. The minimum atomic E-state index is -4.90. The molecule has 13 nitrogen and oxygen atoms in total. The van der Waals surface area contributed by atoms with Crippen LogP contribution in [0.2, 0.25) is 0 Å². The molecule has 3 aliphatic carbocycles. The Morgan fingerprint density at radius 3 is 2.46 bits per heavy atom. The zero-order valence-electron chi connectivity index (χ0n) is 31.8. The van der Waals surface area contributed by atoms with Crippen molar-refractivity contribution in [1.82, 2.24) is 24.8 Å². The fourth-order valence-electron chi connectivity index (χ4n) is 9.50. The smallest absolute Gasteiger partial charge is 0.437 e. The van der Waals surface area contributed by atoms with Crippen molar-refractivity contribution in [2.75, 3.05) is 6.54 Å². The van der Waals surface area contributed by atoms with Gasteiger partial charge in [-0.3, -0.25) is 24.0 Å². The Morgan fingerprint density at radius 2 is 1.75 bits per heavy atom. The highest BCUT2D eigenvalue weighted by Gasteiger charge is 2.64. The van der Waals surface area contributed by atoms with Crippen LogP contribution in [0.1, 0.15) is 108 Å². The Kier molecular flexibility index (Phi) is 9.79. The maximum absolute atomic E-state index is 15.0. The molecule has 1 aromatic carbocycles. The third-order valence-electron chi connectivity index (χ3n) is 13.2. The Morgan fingerprint density at radius 1 is 1.04 bits per heavy atom. The van der Waals surface area contributed by atoms with Crippen LogP contribution < -0.4 is 14.8 Å². The maximum Gasteiger partial charge on any atom is 0.437 e. The fraction of sp³-hybridized carbons (Fsp3) is 0.625. The standard InChI is InChI=1S/C40H48F3N5O8S/c1-37(19-20-37)57(54,55)46-35(51)39-21-24(39)11-5-3-2-4-6-16-29(48(36(52)53)25-12-7-8-13-25)34(50)47-23-38(22-30(47)33(49)45-39)18-17-27-26-14-9-10-15-28(26)44-32(31(27)56-38)40(41,42)43/h5,9-11,14-15,24-25,29-30H,2-4,6-8,12-13,16-23H2,1H3,(H,45,49)(H,46,51)(H,52,53)/b11-5-/t24-,29+,30+,38-,39-/m1/s1. The Balaban J connectivity index is 1.19. The maximum atomic E-state index is 15.0. The van der Waals surface area contributed by atoms with Gasteiger partial charge in [-0.25, -0.2) is 18.2 Å². The van der Waals surface area contributed by atoms with E-state index in [4.69, 9.17) is 4.74 Å². The van der Waals surface area contributed by atoms with Crippen molar-refractivity contribution in [3.05, 3.63) is 47.7 Å². The second-order valence-corrected chi connectivity index (χ2v) is 19.3. The number of nitrogens with zero attached hydrogens (tertiary/aromatic N) is 3. The van der Waals surface area contributed by atoms with Gasteiger partial charge < -0.3 is 20.1 Å². The monoisotopic (exact) mass is 815 g/mol. The van der Waals surface area contributed by atoms with Gasteiger partial charge in [0.25, 0.3) is 5.91 Å². The number of aryl methyl sites for hydroxylation is 1. The largest absolute Gasteiger partial charge is 0.483 e. The molecule has 4 amide bonds. The summed E-state index contributed by atoms with van der Waals surface area (Å²) in [6.45, 7) is 1.21. The fourth-order valence-corrected chi connectivity index (χ4v) is 10.8. The lowest BCUT2D eigenvalue weighted by Crippen LogP contribution is -2.59. The normalized spacial score (nSPS) is 30.9. The van der Waals surface area contributed by atoms with Crippen LogP contribution >= 0.6 is 0 Å². The van der Waals surface area contributed by atoms with Gasteiger partial charge in [-0.1, -0.05) is 56.0 Å². The second kappa shape index (κ2) is 14.2. The second-order valence-electron chi connectivity index (χ2n) is 17.1. The van der Waals surface area contributed by atoms with Crippen molar-refractivity contribution in [2.24, 2.45) is 5.92 Å². The van der Waals surface area contributed by atoms with Crippen LogP contribution in [-0.4, -0.2) is 92.7 Å². The van der Waals surface area contributed by atoms with E-state index in [0.29, 0.717) is 62.3 Å². The van der Waals surface area contributed by atoms with Crippen molar-refractivity contribution >= 4 is 44.7 Å².